The highest BCUT2D eigenvalue weighted by atomic mass is 16.5. The third-order valence-electron chi connectivity index (χ3n) is 2.65. The molecule has 0 bridgehead atoms. The maximum absolute atomic E-state index is 5.69. The fourth-order valence-corrected chi connectivity index (χ4v) is 1.75. The lowest BCUT2D eigenvalue weighted by molar-refractivity contribution is 0.229. The minimum absolute atomic E-state index is 0.166. The lowest BCUT2D eigenvalue weighted by Gasteiger charge is -2.13. The van der Waals surface area contributed by atoms with Crippen molar-refractivity contribution in [2.24, 2.45) is 5.92 Å². The number of pyridine rings is 1. The average molecular weight is 250 g/mol. The zero-order valence-corrected chi connectivity index (χ0v) is 12.1. The number of ether oxygens (including phenoxy) is 1. The van der Waals surface area contributed by atoms with Gasteiger partial charge in [0.05, 0.1) is 6.10 Å². The van der Waals surface area contributed by atoms with Crippen molar-refractivity contribution < 1.29 is 4.74 Å². The molecule has 0 aliphatic carbocycles. The van der Waals surface area contributed by atoms with Crippen molar-refractivity contribution in [1.29, 1.82) is 0 Å². The molecule has 1 aromatic heterocycles. The Bertz CT molecular complexity index is 337. The predicted molar refractivity (Wildman–Crippen MR) is 75.8 cm³/mol. The van der Waals surface area contributed by atoms with Gasteiger partial charge in [-0.05, 0) is 45.2 Å². The second-order valence-corrected chi connectivity index (χ2v) is 5.35. The highest BCUT2D eigenvalue weighted by Crippen LogP contribution is 2.15. The molecule has 18 heavy (non-hydrogen) atoms. The topological polar surface area (TPSA) is 34.2 Å². The monoisotopic (exact) mass is 250 g/mol. The van der Waals surface area contributed by atoms with E-state index in [0.717, 1.165) is 30.5 Å². The number of nitrogens with one attached hydrogen (secondary N) is 1. The molecule has 0 atom stereocenters. The molecular weight excluding hydrogens is 224 g/mol. The first-order valence-electron chi connectivity index (χ1n) is 6.91. The highest BCUT2D eigenvalue weighted by Gasteiger charge is 2.05. The van der Waals surface area contributed by atoms with Gasteiger partial charge in [0.15, 0.2) is 0 Å². The van der Waals surface area contributed by atoms with Crippen molar-refractivity contribution >= 4 is 0 Å². The SMILES string of the molecule is CC(C)CCCNCc1cccnc1OC(C)C. The average Bonchev–Trinajstić information content (AvgIpc) is 2.29. The van der Waals surface area contributed by atoms with E-state index in [0.29, 0.717) is 0 Å². The van der Waals surface area contributed by atoms with Gasteiger partial charge in [0, 0.05) is 18.3 Å². The molecule has 1 heterocycles. The molecule has 0 aliphatic rings. The van der Waals surface area contributed by atoms with Crippen molar-refractivity contribution in [2.45, 2.75) is 53.2 Å². The molecule has 0 radical (unpaired) electrons. The van der Waals surface area contributed by atoms with Crippen LogP contribution in [0.3, 0.4) is 0 Å². The summed E-state index contributed by atoms with van der Waals surface area (Å²) in [6, 6.07) is 4.03. The van der Waals surface area contributed by atoms with E-state index >= 15 is 0 Å². The van der Waals surface area contributed by atoms with E-state index in [1.807, 2.05) is 19.9 Å². The Morgan fingerprint density at radius 1 is 1.28 bits per heavy atom. The number of nitrogens with zero attached hydrogens (tertiary/aromatic N) is 1. The molecule has 1 N–H and O–H groups in total. The highest BCUT2D eigenvalue weighted by molar-refractivity contribution is 5.25. The second kappa shape index (κ2) is 8.09. The number of rotatable bonds is 8. The molecule has 3 heteroatoms. The van der Waals surface area contributed by atoms with Crippen LogP contribution in [0.15, 0.2) is 18.3 Å². The molecule has 3 nitrogen and oxygen atoms in total. The first-order valence-corrected chi connectivity index (χ1v) is 6.91. The number of hydrogen-bond donors (Lipinski definition) is 1. The van der Waals surface area contributed by atoms with Crippen LogP contribution in [0.4, 0.5) is 0 Å². The third-order valence-corrected chi connectivity index (χ3v) is 2.65. The number of hydrogen-bond acceptors (Lipinski definition) is 3. The smallest absolute Gasteiger partial charge is 0.218 e. The largest absolute Gasteiger partial charge is 0.475 e. The Balaban J connectivity index is 2.37. The van der Waals surface area contributed by atoms with E-state index in [1.165, 1.54) is 12.8 Å². The van der Waals surface area contributed by atoms with Gasteiger partial charge in [-0.3, -0.25) is 0 Å². The minimum Gasteiger partial charge on any atom is -0.475 e. The van der Waals surface area contributed by atoms with E-state index in [9.17, 15) is 0 Å². The lowest BCUT2D eigenvalue weighted by atomic mass is 10.1. The lowest BCUT2D eigenvalue weighted by Crippen LogP contribution is -2.17. The van der Waals surface area contributed by atoms with Gasteiger partial charge in [-0.25, -0.2) is 4.98 Å². The first-order chi connectivity index (χ1) is 8.59. The van der Waals surface area contributed by atoms with Crippen LogP contribution in [0.25, 0.3) is 0 Å². The normalized spacial score (nSPS) is 11.2. The molecule has 1 aromatic rings. The van der Waals surface area contributed by atoms with E-state index in [-0.39, 0.29) is 6.10 Å². The van der Waals surface area contributed by atoms with Crippen LogP contribution in [-0.4, -0.2) is 17.6 Å². The zero-order chi connectivity index (χ0) is 13.4. The first kappa shape index (κ1) is 15.0. The van der Waals surface area contributed by atoms with Crippen LogP contribution in [0.2, 0.25) is 0 Å². The zero-order valence-electron chi connectivity index (χ0n) is 12.1. The van der Waals surface area contributed by atoms with Crippen LogP contribution < -0.4 is 10.1 Å². The number of aromatic nitrogens is 1. The molecule has 0 saturated heterocycles. The summed E-state index contributed by atoms with van der Waals surface area (Å²) in [6.45, 7) is 10.4. The summed E-state index contributed by atoms with van der Waals surface area (Å²) in [4.78, 5) is 4.28. The van der Waals surface area contributed by atoms with Crippen molar-refractivity contribution in [3.63, 3.8) is 0 Å². The van der Waals surface area contributed by atoms with Gasteiger partial charge >= 0.3 is 0 Å². The Labute approximate surface area is 111 Å². The molecule has 0 spiro atoms. The van der Waals surface area contributed by atoms with Crippen molar-refractivity contribution in [3.05, 3.63) is 23.9 Å². The molecule has 1 rings (SSSR count). The fourth-order valence-electron chi connectivity index (χ4n) is 1.75. The van der Waals surface area contributed by atoms with Crippen LogP contribution in [0.5, 0.6) is 5.88 Å². The molecule has 0 amide bonds. The Morgan fingerprint density at radius 2 is 2.06 bits per heavy atom. The summed E-state index contributed by atoms with van der Waals surface area (Å²) in [5.74, 6) is 1.54. The summed E-state index contributed by atoms with van der Waals surface area (Å²) >= 11 is 0. The third kappa shape index (κ3) is 6.01. The van der Waals surface area contributed by atoms with Gasteiger partial charge in [0.2, 0.25) is 5.88 Å². The van der Waals surface area contributed by atoms with Crippen LogP contribution in [0.1, 0.15) is 46.1 Å². The molecule has 0 aliphatic heterocycles. The van der Waals surface area contributed by atoms with Gasteiger partial charge in [0.1, 0.15) is 0 Å². The van der Waals surface area contributed by atoms with E-state index < -0.39 is 0 Å². The van der Waals surface area contributed by atoms with E-state index in [1.54, 1.807) is 6.20 Å². The quantitative estimate of drug-likeness (QED) is 0.718. The Morgan fingerprint density at radius 3 is 2.72 bits per heavy atom. The van der Waals surface area contributed by atoms with E-state index in [4.69, 9.17) is 4.74 Å². The minimum atomic E-state index is 0.166. The molecule has 0 saturated carbocycles. The van der Waals surface area contributed by atoms with Gasteiger partial charge in [0.25, 0.3) is 0 Å². The van der Waals surface area contributed by atoms with Gasteiger partial charge in [-0.15, -0.1) is 0 Å². The van der Waals surface area contributed by atoms with Crippen LogP contribution in [-0.2, 0) is 6.54 Å². The fraction of sp³-hybridized carbons (Fsp3) is 0.667. The van der Waals surface area contributed by atoms with Gasteiger partial charge in [-0.1, -0.05) is 19.9 Å². The van der Waals surface area contributed by atoms with Crippen molar-refractivity contribution in [1.82, 2.24) is 10.3 Å². The molecule has 0 unspecified atom stereocenters. The maximum atomic E-state index is 5.69. The summed E-state index contributed by atoms with van der Waals surface area (Å²) in [5, 5.41) is 3.45. The van der Waals surface area contributed by atoms with Crippen molar-refractivity contribution in [2.75, 3.05) is 6.54 Å². The van der Waals surface area contributed by atoms with Crippen LogP contribution in [0, 0.1) is 5.92 Å². The Hall–Kier alpha value is -1.09. The predicted octanol–water partition coefficient (Wildman–Crippen LogP) is 3.39. The summed E-state index contributed by atoms with van der Waals surface area (Å²) in [5.41, 5.74) is 1.13. The summed E-state index contributed by atoms with van der Waals surface area (Å²) < 4.78 is 5.69. The summed E-state index contributed by atoms with van der Waals surface area (Å²) in [7, 11) is 0. The molecule has 0 aromatic carbocycles. The maximum Gasteiger partial charge on any atom is 0.218 e. The van der Waals surface area contributed by atoms with Crippen molar-refractivity contribution in [3.8, 4) is 5.88 Å². The Kier molecular flexibility index (Phi) is 6.73. The van der Waals surface area contributed by atoms with Gasteiger partial charge in [-0.2, -0.15) is 0 Å². The van der Waals surface area contributed by atoms with Gasteiger partial charge < -0.3 is 10.1 Å². The standard InChI is InChI=1S/C15H26N2O/c1-12(2)7-5-9-16-11-14-8-6-10-17-15(14)18-13(3)4/h6,8,10,12-13,16H,5,7,9,11H2,1-4H3. The molecular formula is C15H26N2O. The molecule has 102 valence electrons. The molecule has 0 fully saturated rings. The second-order valence-electron chi connectivity index (χ2n) is 5.35. The summed E-state index contributed by atoms with van der Waals surface area (Å²) in [6.07, 6.45) is 4.44. The van der Waals surface area contributed by atoms with E-state index in [2.05, 4.69) is 30.2 Å². The van der Waals surface area contributed by atoms with Crippen LogP contribution >= 0.6 is 0 Å².